The molecule has 2 aromatic carbocycles. The lowest BCUT2D eigenvalue weighted by Crippen LogP contribution is -2.19. The molecular weight excluding hydrogens is 976 g/mol. The highest BCUT2D eigenvalue weighted by Crippen LogP contribution is 2.26. The number of ether oxygens (including phenoxy) is 2. The van der Waals surface area contributed by atoms with E-state index in [1.54, 1.807) is 11.8 Å². The number of carbonyl (C=O) groups excluding carboxylic acids is 2. The molecule has 2 rings (SSSR count). The summed E-state index contributed by atoms with van der Waals surface area (Å²) in [6.07, 6.45) is 65.6. The Labute approximate surface area is 431 Å². The lowest BCUT2D eigenvalue weighted by Gasteiger charge is -2.13. The molecule has 0 radical (unpaired) electrons. The van der Waals surface area contributed by atoms with Gasteiger partial charge in [0.1, 0.15) is 9.17 Å². The largest absolute Gasteiger partial charge is 0.465 e. The summed E-state index contributed by atoms with van der Waals surface area (Å²) in [6, 6.07) is 19.8. The molecule has 0 spiro atoms. The zero-order chi connectivity index (χ0) is 48.9. The van der Waals surface area contributed by atoms with Gasteiger partial charge in [-0.25, -0.2) is 0 Å². The van der Waals surface area contributed by atoms with E-state index in [9.17, 15) is 9.59 Å². The van der Waals surface area contributed by atoms with Crippen LogP contribution in [0.5, 0.6) is 0 Å². The molecule has 4 nitrogen and oxygen atoms in total. The summed E-state index contributed by atoms with van der Waals surface area (Å²) in [6.45, 7) is 8.84. The summed E-state index contributed by atoms with van der Waals surface area (Å²) < 4.78 is 10.1. The maximum atomic E-state index is 12.3. The van der Waals surface area contributed by atoms with Crippen molar-refractivity contribution in [1.82, 2.24) is 0 Å². The third-order valence-corrected chi connectivity index (χ3v) is 11.3. The van der Waals surface area contributed by atoms with Gasteiger partial charge in [-0.2, -0.15) is 0 Å². The van der Waals surface area contributed by atoms with Crippen LogP contribution in [-0.2, 0) is 19.1 Å². The zero-order valence-corrected chi connectivity index (χ0v) is 44.8. The zero-order valence-electron chi connectivity index (χ0n) is 41.0. The minimum atomic E-state index is -0.211. The molecule has 2 atom stereocenters. The van der Waals surface area contributed by atoms with Crippen LogP contribution in [0.2, 0.25) is 0 Å². The second-order valence-corrected chi connectivity index (χ2v) is 17.8. The molecule has 0 aromatic heterocycles. The van der Waals surface area contributed by atoms with Crippen LogP contribution in [0.15, 0.2) is 216 Å². The molecule has 0 fully saturated rings. The third-order valence-electron chi connectivity index (χ3n) is 8.76. The van der Waals surface area contributed by atoms with E-state index in [0.717, 1.165) is 93.3 Å². The van der Waals surface area contributed by atoms with Gasteiger partial charge in [0.25, 0.3) is 0 Å². The number of benzene rings is 2. The van der Waals surface area contributed by atoms with Crippen molar-refractivity contribution >= 4 is 58.9 Å². The van der Waals surface area contributed by atoms with Crippen LogP contribution < -0.4 is 0 Å². The molecule has 0 saturated heterocycles. The number of esters is 2. The Kier molecular flexibility index (Phi) is 47.8. The van der Waals surface area contributed by atoms with Gasteiger partial charge in [0.05, 0.1) is 13.2 Å². The Balaban J connectivity index is 0.00000115. The molecule has 0 aliphatic rings. The monoisotopic (exact) mass is 1060 g/mol. The molecule has 7 heteroatoms. The van der Waals surface area contributed by atoms with E-state index in [-0.39, 0.29) is 21.1 Å². The number of hydrogen-bond donors (Lipinski definition) is 1. The Morgan fingerprint density at radius 1 is 0.448 bits per heavy atom. The average Bonchev–Trinajstić information content (AvgIpc) is 3.34. The predicted octanol–water partition coefficient (Wildman–Crippen LogP) is 18.2. The van der Waals surface area contributed by atoms with Crippen LogP contribution in [0.3, 0.4) is 0 Å². The lowest BCUT2D eigenvalue weighted by molar-refractivity contribution is -0.143. The molecule has 0 N–H and O–H groups in total. The standard InChI is InChI=1S/C30H40O2S.C24H35IO2.C6H6S/c1-3-5-6-7-8-9-10-11-12-13-14-15-16-17-18-19-20-24-27-29(30(31)32-4-2)33-28-25-22-21-23-26-28;1-3-5-6-7-8-9-10-11-12-13-14-15-16-17-18-19-20-21-22-23(25)24(26)27-4-2;7-6-4-2-1-3-5-6/h5-6,8-9,11-12,14-15,17-18,20-26,29H,3-4,7,10,13,16,19,27H2,1-2H3;5-6,8-9,11-12,14-15,17-18,20-21,23H,3-4,7,10,13,16,19,22H2,1-2H3;1-5,7H/b6-5-,9-8-,12-11-,15-14-,18-17-,24-20-;6-5-,9-8-,12-11-,15-14-,18-17-,21-20-;. The minimum absolute atomic E-state index is 0.0906. The highest BCUT2D eigenvalue weighted by Gasteiger charge is 2.19. The van der Waals surface area contributed by atoms with E-state index >= 15 is 0 Å². The summed E-state index contributed by atoms with van der Waals surface area (Å²) in [4.78, 5) is 25.8. The number of thioether (sulfide) groups is 1. The molecular formula is C60H81IO4S2. The van der Waals surface area contributed by atoms with Crippen molar-refractivity contribution < 1.29 is 19.1 Å². The van der Waals surface area contributed by atoms with E-state index in [1.165, 1.54) is 0 Å². The van der Waals surface area contributed by atoms with Crippen molar-refractivity contribution in [1.29, 1.82) is 0 Å². The molecule has 0 amide bonds. The molecule has 364 valence electrons. The van der Waals surface area contributed by atoms with Gasteiger partial charge in [-0.1, -0.05) is 219 Å². The Morgan fingerprint density at radius 3 is 1.06 bits per heavy atom. The van der Waals surface area contributed by atoms with E-state index < -0.39 is 0 Å². The summed E-state index contributed by atoms with van der Waals surface area (Å²) in [7, 11) is 0. The fourth-order valence-electron chi connectivity index (χ4n) is 5.33. The van der Waals surface area contributed by atoms with Crippen LogP contribution in [-0.4, -0.2) is 34.3 Å². The van der Waals surface area contributed by atoms with Crippen molar-refractivity contribution in [2.45, 2.75) is 137 Å². The molecule has 0 saturated carbocycles. The van der Waals surface area contributed by atoms with Crippen LogP contribution in [0.25, 0.3) is 0 Å². The first-order valence-electron chi connectivity index (χ1n) is 24.1. The topological polar surface area (TPSA) is 52.6 Å². The number of rotatable bonds is 32. The van der Waals surface area contributed by atoms with Gasteiger partial charge < -0.3 is 9.47 Å². The van der Waals surface area contributed by atoms with Crippen LogP contribution in [0.4, 0.5) is 0 Å². The molecule has 2 aromatic rings. The van der Waals surface area contributed by atoms with E-state index in [4.69, 9.17) is 9.47 Å². The highest BCUT2D eigenvalue weighted by atomic mass is 127. The van der Waals surface area contributed by atoms with Gasteiger partial charge in [0, 0.05) is 9.79 Å². The van der Waals surface area contributed by atoms with Gasteiger partial charge in [-0.15, -0.1) is 24.4 Å². The molecule has 0 bridgehead atoms. The number of hydrogen-bond acceptors (Lipinski definition) is 6. The summed E-state index contributed by atoms with van der Waals surface area (Å²) in [5.74, 6) is -0.275. The smallest absolute Gasteiger partial charge is 0.319 e. The molecule has 0 aliphatic heterocycles. The number of allylic oxidation sites excluding steroid dienone is 24. The van der Waals surface area contributed by atoms with Crippen LogP contribution in [0.1, 0.15) is 118 Å². The van der Waals surface area contributed by atoms with Crippen LogP contribution in [0, 0.1) is 0 Å². The van der Waals surface area contributed by atoms with Crippen LogP contribution >= 0.6 is 47.0 Å². The minimum Gasteiger partial charge on any atom is -0.465 e. The second-order valence-electron chi connectivity index (χ2n) is 14.5. The van der Waals surface area contributed by atoms with Crippen molar-refractivity contribution in [3.63, 3.8) is 0 Å². The Bertz CT molecular complexity index is 1830. The van der Waals surface area contributed by atoms with Gasteiger partial charge in [0.2, 0.25) is 0 Å². The molecule has 67 heavy (non-hydrogen) atoms. The third kappa shape index (κ3) is 45.3. The SMILES string of the molecule is CC/C=C\C/C=C\C/C=C\C/C=C\C/C=C\C/C=C\CC(I)C(=O)OCC.CC/C=C\C/C=C\C/C=C\C/C=C\C/C=C\C/C=C\CC(Sc1ccccc1)C(=O)OCC.Sc1ccccc1. The van der Waals surface area contributed by atoms with Gasteiger partial charge in [-0.3, -0.25) is 9.59 Å². The van der Waals surface area contributed by atoms with Crippen molar-refractivity contribution in [3.8, 4) is 0 Å². The highest BCUT2D eigenvalue weighted by molar-refractivity contribution is 14.1. The number of alkyl halides is 1. The molecule has 2 unspecified atom stereocenters. The summed E-state index contributed by atoms with van der Waals surface area (Å²) in [5, 5.41) is -0.211. The number of halogens is 1. The summed E-state index contributed by atoms with van der Waals surface area (Å²) >= 11 is 7.78. The van der Waals surface area contributed by atoms with Crippen molar-refractivity contribution in [2.24, 2.45) is 0 Å². The van der Waals surface area contributed by atoms with Gasteiger partial charge >= 0.3 is 11.9 Å². The van der Waals surface area contributed by atoms with E-state index in [2.05, 4.69) is 189 Å². The maximum Gasteiger partial charge on any atom is 0.319 e. The quantitative estimate of drug-likeness (QED) is 0.0198. The summed E-state index contributed by atoms with van der Waals surface area (Å²) in [5.41, 5.74) is 0. The predicted molar refractivity (Wildman–Crippen MR) is 307 cm³/mol. The molecule has 0 aliphatic carbocycles. The lowest BCUT2D eigenvalue weighted by atomic mass is 10.2. The Morgan fingerprint density at radius 2 is 0.746 bits per heavy atom. The van der Waals surface area contributed by atoms with Gasteiger partial charge in [-0.05, 0) is 128 Å². The number of thiol groups is 1. The van der Waals surface area contributed by atoms with Gasteiger partial charge in [0.15, 0.2) is 0 Å². The first-order chi connectivity index (χ1) is 32.9. The van der Waals surface area contributed by atoms with E-state index in [1.807, 2.05) is 80.6 Å². The Hall–Kier alpha value is -4.31. The second kappa shape index (κ2) is 51.1. The first-order valence-corrected chi connectivity index (χ1v) is 26.7. The van der Waals surface area contributed by atoms with Crippen molar-refractivity contribution in [3.05, 3.63) is 206 Å². The molecule has 0 heterocycles. The normalized spacial score (nSPS) is 13.2. The maximum absolute atomic E-state index is 12.3. The fourth-order valence-corrected chi connectivity index (χ4v) is 6.99. The average molecular weight is 1060 g/mol. The fraction of sp³-hybridized carbons (Fsp3) is 0.367. The van der Waals surface area contributed by atoms with E-state index in [0.29, 0.717) is 19.6 Å². The number of carbonyl (C=O) groups is 2. The van der Waals surface area contributed by atoms with Crippen molar-refractivity contribution in [2.75, 3.05) is 13.2 Å². The first kappa shape index (κ1) is 62.7.